The van der Waals surface area contributed by atoms with E-state index >= 15 is 0 Å². The van der Waals surface area contributed by atoms with Gasteiger partial charge >= 0.3 is 0 Å². The summed E-state index contributed by atoms with van der Waals surface area (Å²) in [5, 5.41) is 13.4. The Balaban J connectivity index is 1.87. The molecule has 0 aliphatic carbocycles. The molecule has 0 spiro atoms. The van der Waals surface area contributed by atoms with Gasteiger partial charge < -0.3 is 14.4 Å². The first-order valence-electron chi connectivity index (χ1n) is 6.91. The van der Waals surface area contributed by atoms with Crippen molar-refractivity contribution < 1.29 is 14.4 Å². The van der Waals surface area contributed by atoms with E-state index < -0.39 is 0 Å². The zero-order valence-electron chi connectivity index (χ0n) is 11.7. The largest absolute Gasteiger partial charge is 0.393 e. The summed E-state index contributed by atoms with van der Waals surface area (Å²) in [5.74, 6) is 1.35. The fourth-order valence-corrected chi connectivity index (χ4v) is 2.59. The first-order valence-corrected chi connectivity index (χ1v) is 6.91. The van der Waals surface area contributed by atoms with Crippen LogP contribution in [0.15, 0.2) is 4.52 Å². The van der Waals surface area contributed by atoms with E-state index in [1.165, 1.54) is 6.42 Å². The minimum atomic E-state index is -0.259. The molecule has 1 aliphatic heterocycles. The normalized spacial score (nSPS) is 21.9. The lowest BCUT2D eigenvalue weighted by Crippen LogP contribution is -2.31. The third-order valence-electron chi connectivity index (χ3n) is 3.49. The Labute approximate surface area is 113 Å². The Kier molecular flexibility index (Phi) is 5.30. The molecule has 0 saturated carbocycles. The van der Waals surface area contributed by atoms with Crippen molar-refractivity contribution >= 4 is 0 Å². The molecule has 1 saturated heterocycles. The number of nitrogens with zero attached hydrogens (tertiary/aromatic N) is 3. The first kappa shape index (κ1) is 14.4. The Morgan fingerprint density at radius 2 is 2.42 bits per heavy atom. The molecule has 19 heavy (non-hydrogen) atoms. The highest BCUT2D eigenvalue weighted by Gasteiger charge is 2.27. The van der Waals surface area contributed by atoms with Gasteiger partial charge in [-0.3, -0.25) is 4.90 Å². The Hall–Kier alpha value is -0.980. The van der Waals surface area contributed by atoms with E-state index in [0.29, 0.717) is 37.3 Å². The summed E-state index contributed by atoms with van der Waals surface area (Å²) < 4.78 is 10.2. The molecular formula is C13H23N3O3. The summed E-state index contributed by atoms with van der Waals surface area (Å²) in [5.41, 5.74) is 0. The lowest BCUT2D eigenvalue weighted by Gasteiger charge is -2.23. The molecular weight excluding hydrogens is 246 g/mol. The van der Waals surface area contributed by atoms with Gasteiger partial charge in [0.1, 0.15) is 0 Å². The predicted molar refractivity (Wildman–Crippen MR) is 69.6 cm³/mol. The van der Waals surface area contributed by atoms with Gasteiger partial charge in [-0.25, -0.2) is 0 Å². The molecule has 1 aromatic rings. The van der Waals surface area contributed by atoms with E-state index in [1.54, 1.807) is 7.11 Å². The second-order valence-electron chi connectivity index (χ2n) is 5.20. The van der Waals surface area contributed by atoms with E-state index in [2.05, 4.69) is 15.0 Å². The number of aromatic nitrogens is 2. The number of methoxy groups -OCH3 is 1. The molecule has 1 aromatic heterocycles. The average Bonchev–Trinajstić information content (AvgIpc) is 2.97. The van der Waals surface area contributed by atoms with Crippen LogP contribution in [0, 0.1) is 0 Å². The minimum absolute atomic E-state index is 0.259. The lowest BCUT2D eigenvalue weighted by atomic mass is 10.1. The monoisotopic (exact) mass is 269 g/mol. The zero-order chi connectivity index (χ0) is 13.7. The van der Waals surface area contributed by atoms with E-state index in [4.69, 9.17) is 9.26 Å². The number of aliphatic hydroxyl groups is 1. The molecule has 1 aliphatic rings. The molecule has 6 heteroatoms. The smallest absolute Gasteiger partial charge is 0.240 e. The third-order valence-corrected chi connectivity index (χ3v) is 3.49. The van der Waals surface area contributed by atoms with E-state index in [-0.39, 0.29) is 6.10 Å². The Bertz CT molecular complexity index is 381. The topological polar surface area (TPSA) is 71.6 Å². The molecule has 1 N–H and O–H groups in total. The van der Waals surface area contributed by atoms with Crippen molar-refractivity contribution in [2.45, 2.75) is 51.3 Å². The van der Waals surface area contributed by atoms with E-state index in [0.717, 1.165) is 19.4 Å². The summed E-state index contributed by atoms with van der Waals surface area (Å²) in [6, 6.07) is 0.425. The van der Waals surface area contributed by atoms with Crippen molar-refractivity contribution in [2.24, 2.45) is 0 Å². The molecule has 0 bridgehead atoms. The van der Waals surface area contributed by atoms with Crippen LogP contribution < -0.4 is 0 Å². The van der Waals surface area contributed by atoms with Crippen LogP contribution in [-0.2, 0) is 17.7 Å². The second kappa shape index (κ2) is 6.98. The van der Waals surface area contributed by atoms with E-state index in [1.807, 2.05) is 6.92 Å². The van der Waals surface area contributed by atoms with Crippen LogP contribution in [0.25, 0.3) is 0 Å². The van der Waals surface area contributed by atoms with Gasteiger partial charge in [-0.1, -0.05) is 5.16 Å². The standard InChI is InChI=1S/C13H23N3O3/c1-10(17)8-11-4-3-6-16(11)9-13-14-12(15-19-13)5-7-18-2/h10-11,17H,3-9H2,1-2H3. The van der Waals surface area contributed by atoms with Crippen molar-refractivity contribution in [2.75, 3.05) is 20.3 Å². The van der Waals surface area contributed by atoms with E-state index in [9.17, 15) is 5.11 Å². The van der Waals surface area contributed by atoms with Crippen molar-refractivity contribution in [1.29, 1.82) is 0 Å². The van der Waals surface area contributed by atoms with Crippen LogP contribution >= 0.6 is 0 Å². The maximum atomic E-state index is 9.51. The highest BCUT2D eigenvalue weighted by atomic mass is 16.5. The van der Waals surface area contributed by atoms with Crippen LogP contribution in [0.1, 0.15) is 37.9 Å². The molecule has 2 atom stereocenters. The summed E-state index contributed by atoms with van der Waals surface area (Å²) in [6.45, 7) is 4.16. The predicted octanol–water partition coefficient (Wildman–Crippen LogP) is 0.994. The summed E-state index contributed by atoms with van der Waals surface area (Å²) >= 11 is 0. The van der Waals surface area contributed by atoms with Gasteiger partial charge in [-0.15, -0.1) is 0 Å². The van der Waals surface area contributed by atoms with Gasteiger partial charge in [0.25, 0.3) is 0 Å². The SMILES string of the molecule is COCCc1noc(CN2CCCC2CC(C)O)n1. The molecule has 6 nitrogen and oxygen atoms in total. The Morgan fingerprint density at radius 3 is 3.16 bits per heavy atom. The van der Waals surface area contributed by atoms with Crippen molar-refractivity contribution in [3.63, 3.8) is 0 Å². The number of likely N-dealkylation sites (tertiary alicyclic amines) is 1. The Morgan fingerprint density at radius 1 is 1.58 bits per heavy atom. The van der Waals surface area contributed by atoms with Gasteiger partial charge in [0.05, 0.1) is 19.3 Å². The molecule has 108 valence electrons. The van der Waals surface area contributed by atoms with Gasteiger partial charge in [0.15, 0.2) is 5.82 Å². The highest BCUT2D eigenvalue weighted by Crippen LogP contribution is 2.23. The van der Waals surface area contributed by atoms with Crippen LogP contribution in [0.5, 0.6) is 0 Å². The third kappa shape index (κ3) is 4.26. The first-order chi connectivity index (χ1) is 9.19. The van der Waals surface area contributed by atoms with Gasteiger partial charge in [-0.05, 0) is 32.7 Å². The lowest BCUT2D eigenvalue weighted by molar-refractivity contribution is 0.124. The number of rotatable bonds is 7. The minimum Gasteiger partial charge on any atom is -0.393 e. The molecule has 1 fully saturated rings. The van der Waals surface area contributed by atoms with Crippen LogP contribution in [-0.4, -0.2) is 52.6 Å². The fourth-order valence-electron chi connectivity index (χ4n) is 2.59. The number of aliphatic hydroxyl groups excluding tert-OH is 1. The molecule has 0 aromatic carbocycles. The van der Waals surface area contributed by atoms with Crippen molar-refractivity contribution in [3.05, 3.63) is 11.7 Å². The van der Waals surface area contributed by atoms with Gasteiger partial charge in [0, 0.05) is 19.6 Å². The fraction of sp³-hybridized carbons (Fsp3) is 0.846. The number of hydrogen-bond donors (Lipinski definition) is 1. The average molecular weight is 269 g/mol. The quantitative estimate of drug-likeness (QED) is 0.796. The second-order valence-corrected chi connectivity index (χ2v) is 5.20. The van der Waals surface area contributed by atoms with Crippen molar-refractivity contribution in [1.82, 2.24) is 15.0 Å². The maximum Gasteiger partial charge on any atom is 0.240 e. The van der Waals surface area contributed by atoms with Crippen LogP contribution in [0.4, 0.5) is 0 Å². The molecule has 0 radical (unpaired) electrons. The van der Waals surface area contributed by atoms with Gasteiger partial charge in [0.2, 0.25) is 5.89 Å². The number of ether oxygens (including phenoxy) is 1. The number of hydrogen-bond acceptors (Lipinski definition) is 6. The molecule has 2 heterocycles. The molecule has 0 amide bonds. The van der Waals surface area contributed by atoms with Crippen LogP contribution in [0.3, 0.4) is 0 Å². The highest BCUT2D eigenvalue weighted by molar-refractivity contribution is 4.89. The van der Waals surface area contributed by atoms with Gasteiger partial charge in [-0.2, -0.15) is 4.98 Å². The van der Waals surface area contributed by atoms with Crippen LogP contribution in [0.2, 0.25) is 0 Å². The summed E-state index contributed by atoms with van der Waals surface area (Å²) in [6.07, 6.45) is 3.53. The maximum absolute atomic E-state index is 9.51. The zero-order valence-corrected chi connectivity index (χ0v) is 11.7. The molecule has 2 unspecified atom stereocenters. The summed E-state index contributed by atoms with van der Waals surface area (Å²) in [4.78, 5) is 6.68. The molecule has 2 rings (SSSR count). The summed E-state index contributed by atoms with van der Waals surface area (Å²) in [7, 11) is 1.66. The van der Waals surface area contributed by atoms with Crippen molar-refractivity contribution in [3.8, 4) is 0 Å².